The van der Waals surface area contributed by atoms with Gasteiger partial charge in [0.2, 0.25) is 11.8 Å². The van der Waals surface area contributed by atoms with E-state index in [1.807, 2.05) is 54.6 Å². The maximum absolute atomic E-state index is 12.2. The maximum atomic E-state index is 12.2. The van der Waals surface area contributed by atoms with Crippen molar-refractivity contribution in [2.24, 2.45) is 0 Å². The fraction of sp³-hybridized carbons (Fsp3) is 0.280. The van der Waals surface area contributed by atoms with Gasteiger partial charge in [0.25, 0.3) is 0 Å². The molecule has 0 radical (unpaired) electrons. The minimum Gasteiger partial charge on any atom is -0.493 e. The van der Waals surface area contributed by atoms with Crippen LogP contribution < -0.4 is 20.3 Å². The molecule has 0 aliphatic carbocycles. The number of ether oxygens (including phenoxy) is 1. The summed E-state index contributed by atoms with van der Waals surface area (Å²) in [7, 11) is 0. The molecule has 0 saturated carbocycles. The highest BCUT2D eigenvalue weighted by Crippen LogP contribution is 2.25. The average Bonchev–Trinajstić information content (AvgIpc) is 2.81. The largest absolute Gasteiger partial charge is 0.493 e. The summed E-state index contributed by atoms with van der Waals surface area (Å²) in [6.45, 7) is 2.85. The third-order valence-electron chi connectivity index (χ3n) is 5.38. The number of carbonyl (C=O) groups excluding carboxylic acids is 2. The normalized spacial score (nSPS) is 13.7. The Hall–Kier alpha value is -3.54. The zero-order valence-electron chi connectivity index (χ0n) is 17.5. The van der Waals surface area contributed by atoms with E-state index in [2.05, 4.69) is 27.7 Å². The Morgan fingerprint density at radius 1 is 1.03 bits per heavy atom. The highest BCUT2D eigenvalue weighted by Gasteiger charge is 2.16. The van der Waals surface area contributed by atoms with E-state index in [4.69, 9.17) is 4.74 Å². The molecule has 6 nitrogen and oxygen atoms in total. The Morgan fingerprint density at radius 3 is 2.68 bits per heavy atom. The lowest BCUT2D eigenvalue weighted by Crippen LogP contribution is -2.47. The van der Waals surface area contributed by atoms with E-state index in [1.165, 1.54) is 0 Å². The van der Waals surface area contributed by atoms with Crippen LogP contribution in [-0.2, 0) is 16.1 Å². The summed E-state index contributed by atoms with van der Waals surface area (Å²) < 4.78 is 5.90. The van der Waals surface area contributed by atoms with Gasteiger partial charge in [-0.1, -0.05) is 48.5 Å². The van der Waals surface area contributed by atoms with Gasteiger partial charge in [-0.3, -0.25) is 9.59 Å². The van der Waals surface area contributed by atoms with Crippen LogP contribution >= 0.6 is 0 Å². The Kier molecular flexibility index (Phi) is 6.67. The second kappa shape index (κ2) is 9.98. The van der Waals surface area contributed by atoms with Crippen molar-refractivity contribution in [3.8, 4) is 5.75 Å². The monoisotopic (exact) mass is 417 g/mol. The van der Waals surface area contributed by atoms with Crippen molar-refractivity contribution in [1.29, 1.82) is 0 Å². The predicted octanol–water partition coefficient (Wildman–Crippen LogP) is 3.25. The van der Waals surface area contributed by atoms with Crippen LogP contribution in [0.4, 0.5) is 5.69 Å². The third-order valence-corrected chi connectivity index (χ3v) is 5.38. The van der Waals surface area contributed by atoms with Crippen LogP contribution in [0.2, 0.25) is 0 Å². The first-order chi connectivity index (χ1) is 15.2. The van der Waals surface area contributed by atoms with Gasteiger partial charge in [-0.05, 0) is 35.6 Å². The summed E-state index contributed by atoms with van der Waals surface area (Å²) in [4.78, 5) is 25.8. The summed E-state index contributed by atoms with van der Waals surface area (Å²) in [5, 5.41) is 8.02. The van der Waals surface area contributed by atoms with Gasteiger partial charge in [-0.2, -0.15) is 0 Å². The number of fused-ring (bicyclic) bond motifs is 1. The van der Waals surface area contributed by atoms with Crippen molar-refractivity contribution >= 4 is 28.3 Å². The molecule has 0 aromatic heterocycles. The molecule has 1 aliphatic heterocycles. The van der Waals surface area contributed by atoms with E-state index in [1.54, 1.807) is 0 Å². The Balaban J connectivity index is 1.18. The van der Waals surface area contributed by atoms with Gasteiger partial charge in [-0.25, -0.2) is 0 Å². The summed E-state index contributed by atoms with van der Waals surface area (Å²) >= 11 is 0. The first-order valence-corrected chi connectivity index (χ1v) is 10.7. The molecule has 0 spiro atoms. The second-order valence-electron chi connectivity index (χ2n) is 7.64. The average molecular weight is 418 g/mol. The van der Waals surface area contributed by atoms with Crippen molar-refractivity contribution in [2.45, 2.75) is 19.4 Å². The predicted molar refractivity (Wildman–Crippen MR) is 122 cm³/mol. The van der Waals surface area contributed by atoms with E-state index < -0.39 is 0 Å². The van der Waals surface area contributed by atoms with Gasteiger partial charge in [0.1, 0.15) is 5.75 Å². The SMILES string of the molecule is O=C(CCCOc1cccc2ccccc12)NCc1ccc(N2CCNC(=O)C2)cc1. The molecule has 1 aliphatic rings. The van der Waals surface area contributed by atoms with Crippen molar-refractivity contribution in [2.75, 3.05) is 31.1 Å². The second-order valence-corrected chi connectivity index (χ2v) is 7.64. The van der Waals surface area contributed by atoms with E-state index in [9.17, 15) is 9.59 Å². The molecule has 3 aromatic carbocycles. The standard InChI is InChI=1S/C25H27N3O3/c29-24(9-4-16-31-23-8-3-6-20-5-1-2-7-22(20)23)27-17-19-10-12-21(13-11-19)28-15-14-26-25(30)18-28/h1-3,5-8,10-13H,4,9,14-18H2,(H,26,30)(H,27,29). The molecule has 31 heavy (non-hydrogen) atoms. The highest BCUT2D eigenvalue weighted by molar-refractivity contribution is 5.88. The zero-order chi connectivity index (χ0) is 21.5. The quantitative estimate of drug-likeness (QED) is 0.552. The summed E-state index contributed by atoms with van der Waals surface area (Å²) in [6.07, 6.45) is 1.08. The van der Waals surface area contributed by atoms with E-state index in [0.717, 1.165) is 34.3 Å². The fourth-order valence-corrected chi connectivity index (χ4v) is 3.71. The minimum atomic E-state index is 0.0123. The van der Waals surface area contributed by atoms with Crippen LogP contribution in [0.25, 0.3) is 10.8 Å². The number of anilines is 1. The van der Waals surface area contributed by atoms with Crippen molar-refractivity contribution in [3.05, 3.63) is 72.3 Å². The molecule has 0 bridgehead atoms. The van der Waals surface area contributed by atoms with E-state index in [-0.39, 0.29) is 11.8 Å². The molecule has 4 rings (SSSR count). The van der Waals surface area contributed by atoms with Gasteiger partial charge < -0.3 is 20.3 Å². The molecular weight excluding hydrogens is 390 g/mol. The lowest BCUT2D eigenvalue weighted by molar-refractivity contribution is -0.121. The summed E-state index contributed by atoms with van der Waals surface area (Å²) in [5.74, 6) is 0.912. The number of hydrogen-bond acceptors (Lipinski definition) is 4. The summed E-state index contributed by atoms with van der Waals surface area (Å²) in [6, 6.07) is 22.1. The number of carbonyl (C=O) groups is 2. The highest BCUT2D eigenvalue weighted by atomic mass is 16.5. The van der Waals surface area contributed by atoms with Crippen LogP contribution in [-0.4, -0.2) is 38.1 Å². The smallest absolute Gasteiger partial charge is 0.239 e. The maximum Gasteiger partial charge on any atom is 0.239 e. The number of nitrogens with one attached hydrogen (secondary N) is 2. The number of amides is 2. The number of benzene rings is 3. The lowest BCUT2D eigenvalue weighted by atomic mass is 10.1. The molecule has 0 unspecified atom stereocenters. The van der Waals surface area contributed by atoms with Gasteiger partial charge in [0.05, 0.1) is 13.2 Å². The van der Waals surface area contributed by atoms with E-state index in [0.29, 0.717) is 39.1 Å². The first kappa shape index (κ1) is 20.7. The fourth-order valence-electron chi connectivity index (χ4n) is 3.71. The van der Waals surface area contributed by atoms with Gasteiger partial charge in [0.15, 0.2) is 0 Å². The molecule has 1 saturated heterocycles. The Morgan fingerprint density at radius 2 is 1.84 bits per heavy atom. The van der Waals surface area contributed by atoms with E-state index >= 15 is 0 Å². The van der Waals surface area contributed by atoms with Gasteiger partial charge in [-0.15, -0.1) is 0 Å². The molecular formula is C25H27N3O3. The van der Waals surface area contributed by atoms with Crippen LogP contribution in [0.15, 0.2) is 66.7 Å². The van der Waals surface area contributed by atoms with Crippen LogP contribution in [0.1, 0.15) is 18.4 Å². The minimum absolute atomic E-state index is 0.0123. The molecule has 2 amide bonds. The number of nitrogens with zero attached hydrogens (tertiary/aromatic N) is 1. The van der Waals surface area contributed by atoms with Crippen molar-refractivity contribution in [3.63, 3.8) is 0 Å². The molecule has 0 atom stereocenters. The number of piperazine rings is 1. The van der Waals surface area contributed by atoms with Crippen molar-refractivity contribution < 1.29 is 14.3 Å². The third kappa shape index (κ3) is 5.54. The van der Waals surface area contributed by atoms with Gasteiger partial charge in [0, 0.05) is 37.1 Å². The molecule has 2 N–H and O–H groups in total. The first-order valence-electron chi connectivity index (χ1n) is 10.7. The molecule has 160 valence electrons. The topological polar surface area (TPSA) is 70.7 Å². The van der Waals surface area contributed by atoms with Crippen molar-refractivity contribution in [1.82, 2.24) is 10.6 Å². The molecule has 3 aromatic rings. The van der Waals surface area contributed by atoms with Crippen LogP contribution in [0.5, 0.6) is 5.75 Å². The molecule has 6 heteroatoms. The van der Waals surface area contributed by atoms with Crippen LogP contribution in [0.3, 0.4) is 0 Å². The zero-order valence-corrected chi connectivity index (χ0v) is 17.5. The Bertz CT molecular complexity index is 1040. The lowest BCUT2D eigenvalue weighted by Gasteiger charge is -2.28. The summed E-state index contributed by atoms with van der Waals surface area (Å²) in [5.41, 5.74) is 2.06. The Labute approximate surface area is 182 Å². The number of hydrogen-bond donors (Lipinski definition) is 2. The molecule has 1 fully saturated rings. The number of rotatable bonds is 8. The van der Waals surface area contributed by atoms with Crippen LogP contribution in [0, 0.1) is 0 Å². The van der Waals surface area contributed by atoms with Gasteiger partial charge >= 0.3 is 0 Å². The molecule has 1 heterocycles.